The van der Waals surface area contributed by atoms with Gasteiger partial charge >= 0.3 is 6.18 Å². The maximum atomic E-state index is 12.6. The van der Waals surface area contributed by atoms with Gasteiger partial charge in [0, 0.05) is 0 Å². The summed E-state index contributed by atoms with van der Waals surface area (Å²) in [6.45, 7) is 1.70. The largest absolute Gasteiger partial charge is 0.416 e. The van der Waals surface area contributed by atoms with Crippen molar-refractivity contribution < 1.29 is 13.2 Å². The number of nitrogens with zero attached hydrogens (tertiary/aromatic N) is 2. The van der Waals surface area contributed by atoms with E-state index in [0.29, 0.717) is 16.9 Å². The van der Waals surface area contributed by atoms with Gasteiger partial charge in [-0.3, -0.25) is 0 Å². The van der Waals surface area contributed by atoms with E-state index >= 15 is 0 Å². The second kappa shape index (κ2) is 4.65. The highest BCUT2D eigenvalue weighted by Gasteiger charge is 2.30. The Balaban J connectivity index is 2.51. The van der Waals surface area contributed by atoms with Crippen LogP contribution in [0, 0.1) is 6.92 Å². The molecule has 1 aromatic carbocycles. The third kappa shape index (κ3) is 2.60. The molecule has 0 spiro atoms. The molecule has 0 bridgehead atoms. The van der Waals surface area contributed by atoms with Crippen LogP contribution in [0.25, 0.3) is 5.69 Å². The Hall–Kier alpha value is -1.89. The molecule has 1 heterocycles. The van der Waals surface area contributed by atoms with E-state index in [1.54, 1.807) is 13.0 Å². The van der Waals surface area contributed by atoms with Crippen LogP contribution >= 0.6 is 12.2 Å². The van der Waals surface area contributed by atoms with E-state index in [9.17, 15) is 13.2 Å². The molecular formula is C12H10F3N3S. The number of hydrogen-bond acceptors (Lipinski definition) is 2. The minimum Gasteiger partial charge on any atom is -0.389 e. The van der Waals surface area contributed by atoms with E-state index in [1.807, 2.05) is 0 Å². The average molecular weight is 285 g/mol. The van der Waals surface area contributed by atoms with Gasteiger partial charge in [0.25, 0.3) is 0 Å². The molecule has 19 heavy (non-hydrogen) atoms. The fourth-order valence-electron chi connectivity index (χ4n) is 1.73. The number of hydrogen-bond donors (Lipinski definition) is 1. The summed E-state index contributed by atoms with van der Waals surface area (Å²) in [6, 6.07) is 4.92. The van der Waals surface area contributed by atoms with Crippen LogP contribution in [0.15, 0.2) is 30.5 Å². The Morgan fingerprint density at radius 3 is 2.58 bits per heavy atom. The number of thiocarbonyl (C=S) groups is 1. The number of nitrogens with two attached hydrogens (primary N) is 1. The summed E-state index contributed by atoms with van der Waals surface area (Å²) in [5, 5.41) is 4.01. The van der Waals surface area contributed by atoms with Crippen molar-refractivity contribution in [2.45, 2.75) is 13.1 Å². The third-order valence-electron chi connectivity index (χ3n) is 2.69. The van der Waals surface area contributed by atoms with Gasteiger partial charge in [-0.25, -0.2) is 4.68 Å². The standard InChI is InChI=1S/C12H10F3N3S/c1-7-10(11(16)19)6-17-18(7)9-4-2-3-8(5-9)12(13,14)15/h2-6H,1H3,(H2,16,19). The van der Waals surface area contributed by atoms with Crippen LogP contribution in [-0.2, 0) is 6.18 Å². The van der Waals surface area contributed by atoms with Crippen molar-refractivity contribution in [2.24, 2.45) is 5.73 Å². The molecule has 0 saturated heterocycles. The van der Waals surface area contributed by atoms with Crippen LogP contribution in [0.5, 0.6) is 0 Å². The highest BCUT2D eigenvalue weighted by Crippen LogP contribution is 2.30. The Morgan fingerprint density at radius 2 is 2.05 bits per heavy atom. The maximum absolute atomic E-state index is 12.6. The number of benzene rings is 1. The van der Waals surface area contributed by atoms with E-state index in [1.165, 1.54) is 16.9 Å². The summed E-state index contributed by atoms with van der Waals surface area (Å²) in [6.07, 6.45) is -2.94. The summed E-state index contributed by atoms with van der Waals surface area (Å²) >= 11 is 4.84. The third-order valence-corrected chi connectivity index (χ3v) is 2.91. The predicted molar refractivity (Wildman–Crippen MR) is 69.2 cm³/mol. The second-order valence-electron chi connectivity index (χ2n) is 3.97. The monoisotopic (exact) mass is 285 g/mol. The van der Waals surface area contributed by atoms with E-state index in [-0.39, 0.29) is 4.99 Å². The van der Waals surface area contributed by atoms with Crippen molar-refractivity contribution >= 4 is 17.2 Å². The lowest BCUT2D eigenvalue weighted by Crippen LogP contribution is -2.11. The molecular weight excluding hydrogens is 275 g/mol. The predicted octanol–water partition coefficient (Wildman–Crippen LogP) is 2.83. The molecule has 0 aliphatic heterocycles. The van der Waals surface area contributed by atoms with Gasteiger partial charge in [0.2, 0.25) is 0 Å². The number of halogens is 3. The van der Waals surface area contributed by atoms with Crippen molar-refractivity contribution in [3.05, 3.63) is 47.3 Å². The zero-order valence-corrected chi connectivity index (χ0v) is 10.7. The van der Waals surface area contributed by atoms with E-state index in [4.69, 9.17) is 18.0 Å². The first-order chi connectivity index (χ1) is 8.80. The number of rotatable bonds is 2. The molecule has 3 nitrogen and oxygen atoms in total. The quantitative estimate of drug-likeness (QED) is 0.863. The SMILES string of the molecule is Cc1c(C(N)=S)cnn1-c1cccc(C(F)(F)F)c1. The number of alkyl halides is 3. The normalized spacial score (nSPS) is 11.6. The molecule has 1 aromatic heterocycles. The van der Waals surface area contributed by atoms with Gasteiger partial charge in [-0.2, -0.15) is 18.3 Å². The van der Waals surface area contributed by atoms with Crippen molar-refractivity contribution in [3.8, 4) is 5.69 Å². The average Bonchev–Trinajstić information content (AvgIpc) is 2.70. The van der Waals surface area contributed by atoms with E-state index < -0.39 is 11.7 Å². The van der Waals surface area contributed by atoms with Crippen LogP contribution in [0.3, 0.4) is 0 Å². The van der Waals surface area contributed by atoms with Crippen molar-refractivity contribution in [1.29, 1.82) is 0 Å². The smallest absolute Gasteiger partial charge is 0.389 e. The highest BCUT2D eigenvalue weighted by molar-refractivity contribution is 7.80. The van der Waals surface area contributed by atoms with Crippen LogP contribution in [-0.4, -0.2) is 14.8 Å². The van der Waals surface area contributed by atoms with Gasteiger partial charge in [-0.05, 0) is 25.1 Å². The highest BCUT2D eigenvalue weighted by atomic mass is 32.1. The minimum atomic E-state index is -4.39. The zero-order chi connectivity index (χ0) is 14.2. The molecule has 2 aromatic rings. The summed E-state index contributed by atoms with van der Waals surface area (Å²) in [5.74, 6) is 0. The lowest BCUT2D eigenvalue weighted by atomic mass is 10.2. The van der Waals surface area contributed by atoms with E-state index in [2.05, 4.69) is 5.10 Å². The number of aromatic nitrogens is 2. The van der Waals surface area contributed by atoms with Crippen molar-refractivity contribution in [3.63, 3.8) is 0 Å². The first-order valence-electron chi connectivity index (χ1n) is 5.33. The zero-order valence-electron chi connectivity index (χ0n) is 9.90. The van der Waals surface area contributed by atoms with Crippen LogP contribution in [0.1, 0.15) is 16.8 Å². The Bertz CT molecular complexity index is 631. The maximum Gasteiger partial charge on any atom is 0.416 e. The molecule has 0 fully saturated rings. The second-order valence-corrected chi connectivity index (χ2v) is 4.41. The lowest BCUT2D eigenvalue weighted by molar-refractivity contribution is -0.137. The molecule has 2 rings (SSSR count). The molecule has 0 amide bonds. The Kier molecular flexibility index (Phi) is 3.32. The summed E-state index contributed by atoms with van der Waals surface area (Å²) < 4.78 is 39.3. The topological polar surface area (TPSA) is 43.8 Å². The summed E-state index contributed by atoms with van der Waals surface area (Å²) in [4.78, 5) is 0.163. The molecule has 2 N–H and O–H groups in total. The van der Waals surface area contributed by atoms with Crippen molar-refractivity contribution in [1.82, 2.24) is 9.78 Å². The Morgan fingerprint density at radius 1 is 1.37 bits per heavy atom. The summed E-state index contributed by atoms with van der Waals surface area (Å²) in [5.41, 5.74) is 6.24. The molecule has 100 valence electrons. The molecule has 0 aliphatic carbocycles. The lowest BCUT2D eigenvalue weighted by Gasteiger charge is -2.10. The van der Waals surface area contributed by atoms with Gasteiger partial charge in [0.05, 0.1) is 28.7 Å². The molecule has 7 heteroatoms. The van der Waals surface area contributed by atoms with Crippen molar-refractivity contribution in [2.75, 3.05) is 0 Å². The van der Waals surface area contributed by atoms with Gasteiger partial charge in [-0.1, -0.05) is 18.3 Å². The van der Waals surface area contributed by atoms with Crippen LogP contribution in [0.4, 0.5) is 13.2 Å². The van der Waals surface area contributed by atoms with Gasteiger partial charge in [-0.15, -0.1) is 0 Å². The summed E-state index contributed by atoms with van der Waals surface area (Å²) in [7, 11) is 0. The first-order valence-corrected chi connectivity index (χ1v) is 5.73. The van der Waals surface area contributed by atoms with Gasteiger partial charge in [0.15, 0.2) is 0 Å². The molecule has 0 atom stereocenters. The fraction of sp³-hybridized carbons (Fsp3) is 0.167. The van der Waals surface area contributed by atoms with Gasteiger partial charge in [0.1, 0.15) is 4.99 Å². The van der Waals surface area contributed by atoms with Gasteiger partial charge < -0.3 is 5.73 Å². The fourth-order valence-corrected chi connectivity index (χ4v) is 1.93. The van der Waals surface area contributed by atoms with E-state index in [0.717, 1.165) is 12.1 Å². The molecule has 0 unspecified atom stereocenters. The minimum absolute atomic E-state index is 0.163. The molecule has 0 saturated carbocycles. The molecule has 0 aliphatic rings. The van der Waals surface area contributed by atoms with Crippen LogP contribution < -0.4 is 5.73 Å². The molecule has 0 radical (unpaired) electrons. The Labute approximate surface area is 112 Å². The first kappa shape index (κ1) is 13.5. The van der Waals surface area contributed by atoms with Crippen LogP contribution in [0.2, 0.25) is 0 Å².